The second-order valence-corrected chi connectivity index (χ2v) is 3.66. The van der Waals surface area contributed by atoms with Gasteiger partial charge in [-0.1, -0.05) is 6.07 Å². The Kier molecular flexibility index (Phi) is 6.09. The number of carbonyl (C=O) groups excluding carboxylic acids is 2. The van der Waals surface area contributed by atoms with Crippen molar-refractivity contribution in [2.45, 2.75) is 6.92 Å². The zero-order valence-electron chi connectivity index (χ0n) is 11.6. The molecule has 1 N–H and O–H groups in total. The lowest BCUT2D eigenvalue weighted by Gasteiger charge is -2.09. The van der Waals surface area contributed by atoms with Crippen LogP contribution in [0.4, 0.5) is 0 Å². The highest BCUT2D eigenvalue weighted by Gasteiger charge is 2.11. The highest BCUT2D eigenvalue weighted by Crippen LogP contribution is 2.28. The van der Waals surface area contributed by atoms with E-state index in [0.29, 0.717) is 23.5 Å². The van der Waals surface area contributed by atoms with Crippen molar-refractivity contribution >= 4 is 18.5 Å². The van der Waals surface area contributed by atoms with Crippen LogP contribution < -0.4 is 14.8 Å². The van der Waals surface area contributed by atoms with E-state index >= 15 is 0 Å². The maximum Gasteiger partial charge on any atom is 0.354 e. The van der Waals surface area contributed by atoms with Gasteiger partial charge in [0.05, 0.1) is 20.8 Å². The number of esters is 1. The predicted octanol–water partition coefficient (Wildman–Crippen LogP) is 1.35. The van der Waals surface area contributed by atoms with Crippen molar-refractivity contribution in [3.8, 4) is 11.5 Å². The first-order valence-electron chi connectivity index (χ1n) is 5.97. The minimum Gasteiger partial charge on any atom is -0.493 e. The average molecular weight is 279 g/mol. The summed E-state index contributed by atoms with van der Waals surface area (Å²) in [5.41, 5.74) is 0.717. The van der Waals surface area contributed by atoms with Crippen LogP contribution in [-0.2, 0) is 14.3 Å². The monoisotopic (exact) mass is 279 g/mol. The first kappa shape index (κ1) is 15.6. The van der Waals surface area contributed by atoms with E-state index < -0.39 is 5.97 Å². The molecule has 0 aliphatic rings. The van der Waals surface area contributed by atoms with Crippen LogP contribution in [0.2, 0.25) is 0 Å². The molecule has 0 saturated carbocycles. The van der Waals surface area contributed by atoms with Gasteiger partial charge >= 0.3 is 5.97 Å². The topological polar surface area (TPSA) is 73.9 Å². The Hall–Kier alpha value is -2.50. The number of rotatable bonds is 7. The molecule has 1 aromatic carbocycles. The number of methoxy groups -OCH3 is 2. The number of carbonyl (C=O) groups is 2. The number of amides is 1. The molecular weight excluding hydrogens is 262 g/mol. The number of hydrogen-bond donors (Lipinski definition) is 1. The van der Waals surface area contributed by atoms with E-state index in [2.05, 4.69) is 5.32 Å². The molecule has 108 valence electrons. The van der Waals surface area contributed by atoms with Crippen molar-refractivity contribution in [3.05, 3.63) is 29.5 Å². The van der Waals surface area contributed by atoms with Gasteiger partial charge in [-0.3, -0.25) is 4.79 Å². The molecule has 0 bridgehead atoms. The van der Waals surface area contributed by atoms with E-state index in [-0.39, 0.29) is 12.3 Å². The van der Waals surface area contributed by atoms with Gasteiger partial charge in [-0.25, -0.2) is 4.79 Å². The van der Waals surface area contributed by atoms with E-state index in [9.17, 15) is 9.59 Å². The predicted molar refractivity (Wildman–Crippen MR) is 73.4 cm³/mol. The van der Waals surface area contributed by atoms with Crippen molar-refractivity contribution in [2.75, 3.05) is 20.8 Å². The summed E-state index contributed by atoms with van der Waals surface area (Å²) in [7, 11) is 3.05. The number of benzene rings is 1. The Bertz CT molecular complexity index is 510. The number of nitrogens with one attached hydrogen (secondary N) is 1. The fourth-order valence-electron chi connectivity index (χ4n) is 1.54. The van der Waals surface area contributed by atoms with Gasteiger partial charge in [0.1, 0.15) is 5.70 Å². The Labute approximate surface area is 117 Å². The first-order chi connectivity index (χ1) is 9.65. The lowest BCUT2D eigenvalue weighted by Crippen LogP contribution is -2.20. The standard InChI is InChI=1S/C14H17NO5/c1-4-20-14(17)11(15-9-16)7-10-5-6-12(18-2)13(8-10)19-3/h5-9H,4H2,1-3H3,(H,15,16). The number of ether oxygens (including phenoxy) is 3. The summed E-state index contributed by atoms with van der Waals surface area (Å²) in [5, 5.41) is 2.32. The average Bonchev–Trinajstić information content (AvgIpc) is 2.46. The summed E-state index contributed by atoms with van der Waals surface area (Å²) in [6.07, 6.45) is 1.91. The largest absolute Gasteiger partial charge is 0.493 e. The van der Waals surface area contributed by atoms with Gasteiger partial charge in [-0.15, -0.1) is 0 Å². The normalized spacial score (nSPS) is 10.7. The van der Waals surface area contributed by atoms with Crippen LogP contribution in [0.25, 0.3) is 6.08 Å². The molecule has 0 saturated heterocycles. The van der Waals surface area contributed by atoms with E-state index in [4.69, 9.17) is 14.2 Å². The van der Waals surface area contributed by atoms with Crippen molar-refractivity contribution in [3.63, 3.8) is 0 Å². The third-order valence-electron chi connectivity index (χ3n) is 2.43. The van der Waals surface area contributed by atoms with Crippen LogP contribution in [0, 0.1) is 0 Å². The Morgan fingerprint density at radius 1 is 1.25 bits per heavy atom. The molecule has 1 amide bonds. The summed E-state index contributed by atoms with van der Waals surface area (Å²) in [4.78, 5) is 22.2. The van der Waals surface area contributed by atoms with Crippen LogP contribution in [0.15, 0.2) is 23.9 Å². The summed E-state index contributed by atoms with van der Waals surface area (Å²) in [5.74, 6) is 0.496. The summed E-state index contributed by atoms with van der Waals surface area (Å²) in [6.45, 7) is 1.91. The zero-order valence-corrected chi connectivity index (χ0v) is 11.6. The van der Waals surface area contributed by atoms with Gasteiger partial charge in [-0.2, -0.15) is 0 Å². The molecule has 0 unspecified atom stereocenters. The summed E-state index contributed by atoms with van der Waals surface area (Å²) < 4.78 is 15.1. The second kappa shape index (κ2) is 7.83. The van der Waals surface area contributed by atoms with E-state index in [1.165, 1.54) is 20.3 Å². The lowest BCUT2D eigenvalue weighted by molar-refractivity contribution is -0.139. The molecule has 0 aromatic heterocycles. The second-order valence-electron chi connectivity index (χ2n) is 3.66. The van der Waals surface area contributed by atoms with E-state index in [1.54, 1.807) is 25.1 Å². The molecular formula is C14H17NO5. The molecule has 6 heteroatoms. The fraction of sp³-hybridized carbons (Fsp3) is 0.286. The van der Waals surface area contributed by atoms with Gasteiger partial charge in [0.2, 0.25) is 6.41 Å². The minimum absolute atomic E-state index is 0.0501. The van der Waals surface area contributed by atoms with Crippen molar-refractivity contribution in [1.29, 1.82) is 0 Å². The van der Waals surface area contributed by atoms with Crippen LogP contribution in [0.1, 0.15) is 12.5 Å². The zero-order chi connectivity index (χ0) is 15.0. The van der Waals surface area contributed by atoms with Gasteiger partial charge in [0.25, 0.3) is 0 Å². The third kappa shape index (κ3) is 4.01. The number of hydrogen-bond acceptors (Lipinski definition) is 5. The van der Waals surface area contributed by atoms with Crippen molar-refractivity contribution < 1.29 is 23.8 Å². The molecule has 0 radical (unpaired) electrons. The fourth-order valence-corrected chi connectivity index (χ4v) is 1.54. The molecule has 6 nitrogen and oxygen atoms in total. The SMILES string of the molecule is CCOC(=O)C(=Cc1ccc(OC)c(OC)c1)NC=O. The highest BCUT2D eigenvalue weighted by atomic mass is 16.5. The maximum absolute atomic E-state index is 11.6. The van der Waals surface area contributed by atoms with Crippen LogP contribution >= 0.6 is 0 Å². The quantitative estimate of drug-likeness (QED) is 0.463. The Morgan fingerprint density at radius 2 is 1.95 bits per heavy atom. The molecule has 0 fully saturated rings. The van der Waals surface area contributed by atoms with Crippen LogP contribution in [0.5, 0.6) is 11.5 Å². The summed E-state index contributed by atoms with van der Waals surface area (Å²) >= 11 is 0. The van der Waals surface area contributed by atoms with Gasteiger partial charge in [0.15, 0.2) is 11.5 Å². The van der Waals surface area contributed by atoms with Crippen molar-refractivity contribution in [2.24, 2.45) is 0 Å². The minimum atomic E-state index is -0.602. The molecule has 0 heterocycles. The van der Waals surface area contributed by atoms with E-state index in [1.807, 2.05) is 0 Å². The Balaban J connectivity index is 3.10. The molecule has 0 spiro atoms. The molecule has 0 aliphatic carbocycles. The van der Waals surface area contributed by atoms with Crippen molar-refractivity contribution in [1.82, 2.24) is 5.32 Å². The molecule has 20 heavy (non-hydrogen) atoms. The molecule has 1 aromatic rings. The van der Waals surface area contributed by atoms with Crippen LogP contribution in [0.3, 0.4) is 0 Å². The van der Waals surface area contributed by atoms with E-state index in [0.717, 1.165) is 0 Å². The lowest BCUT2D eigenvalue weighted by atomic mass is 10.1. The molecule has 0 aliphatic heterocycles. The first-order valence-corrected chi connectivity index (χ1v) is 5.97. The molecule has 0 atom stereocenters. The van der Waals surface area contributed by atoms with Gasteiger partial charge in [-0.05, 0) is 30.7 Å². The molecule has 1 rings (SSSR count). The highest BCUT2D eigenvalue weighted by molar-refractivity contribution is 5.95. The third-order valence-corrected chi connectivity index (χ3v) is 2.43. The smallest absolute Gasteiger partial charge is 0.354 e. The maximum atomic E-state index is 11.6. The summed E-state index contributed by atoms with van der Waals surface area (Å²) in [6, 6.07) is 5.12. The van der Waals surface area contributed by atoms with Gasteiger partial charge < -0.3 is 19.5 Å². The van der Waals surface area contributed by atoms with Gasteiger partial charge in [0, 0.05) is 0 Å². The Morgan fingerprint density at radius 3 is 2.50 bits per heavy atom. The van der Waals surface area contributed by atoms with Crippen LogP contribution in [-0.4, -0.2) is 33.2 Å².